The molecule has 6 nitrogen and oxygen atoms in total. The van der Waals surface area contributed by atoms with Gasteiger partial charge in [-0.05, 0) is 18.9 Å². The van der Waals surface area contributed by atoms with Gasteiger partial charge in [-0.15, -0.1) is 22.7 Å². The highest BCUT2D eigenvalue weighted by molar-refractivity contribution is 8.28. The molecule has 0 aromatic carbocycles. The molecule has 1 aliphatic heterocycles. The van der Waals surface area contributed by atoms with Gasteiger partial charge in [-0.2, -0.15) is 10.2 Å². The molecule has 0 aromatic heterocycles. The Morgan fingerprint density at radius 2 is 2.05 bits per heavy atom. The third kappa shape index (κ3) is 6.78. The summed E-state index contributed by atoms with van der Waals surface area (Å²) >= 11 is 0. The molecule has 0 atom stereocenters. The van der Waals surface area contributed by atoms with Crippen molar-refractivity contribution in [2.45, 2.75) is 31.3 Å². The Morgan fingerprint density at radius 1 is 1.35 bits per heavy atom. The standard InChI is InChI=1S/C13H23N3O3S/c1-4-5-7-13(15-16-13)8-10-19-20(2,3)11-6-9-18-12(14)17/h1H,5-11H2,2-3H3,(H2,14,17). The Morgan fingerprint density at radius 3 is 2.60 bits per heavy atom. The maximum atomic E-state index is 10.4. The van der Waals surface area contributed by atoms with Gasteiger partial charge < -0.3 is 14.7 Å². The van der Waals surface area contributed by atoms with E-state index in [0.717, 1.165) is 25.0 Å². The largest absolute Gasteiger partial charge is 0.450 e. The number of amides is 1. The van der Waals surface area contributed by atoms with Gasteiger partial charge in [0.1, 0.15) is 0 Å². The second kappa shape index (κ2) is 7.50. The van der Waals surface area contributed by atoms with Crippen LogP contribution in [-0.4, -0.2) is 43.2 Å². The minimum absolute atomic E-state index is 0.281. The van der Waals surface area contributed by atoms with Crippen LogP contribution in [0.2, 0.25) is 0 Å². The van der Waals surface area contributed by atoms with Crippen LogP contribution in [0.25, 0.3) is 0 Å². The molecule has 1 heterocycles. The summed E-state index contributed by atoms with van der Waals surface area (Å²) in [5.74, 6) is 3.47. The number of carbonyl (C=O) groups is 1. The molecule has 20 heavy (non-hydrogen) atoms. The molecule has 0 bridgehead atoms. The number of hydrogen-bond donors (Lipinski definition) is 1. The van der Waals surface area contributed by atoms with Crippen LogP contribution in [0.5, 0.6) is 0 Å². The highest BCUT2D eigenvalue weighted by Crippen LogP contribution is 2.43. The van der Waals surface area contributed by atoms with Crippen LogP contribution in [0.4, 0.5) is 4.79 Å². The van der Waals surface area contributed by atoms with Gasteiger partial charge in [-0.3, -0.25) is 0 Å². The van der Waals surface area contributed by atoms with Gasteiger partial charge in [-0.1, -0.05) is 0 Å². The number of nitrogens with two attached hydrogens (primary N) is 1. The van der Waals surface area contributed by atoms with Crippen LogP contribution in [0.15, 0.2) is 10.2 Å². The molecule has 0 saturated heterocycles. The van der Waals surface area contributed by atoms with Crippen molar-refractivity contribution in [3.05, 3.63) is 0 Å². The molecule has 2 N–H and O–H groups in total. The van der Waals surface area contributed by atoms with Gasteiger partial charge in [0.15, 0.2) is 5.66 Å². The summed E-state index contributed by atoms with van der Waals surface area (Å²) < 4.78 is 10.6. The topological polar surface area (TPSA) is 86.3 Å². The fraction of sp³-hybridized carbons (Fsp3) is 0.769. The van der Waals surface area contributed by atoms with E-state index >= 15 is 0 Å². The molecule has 0 fully saturated rings. The van der Waals surface area contributed by atoms with Crippen LogP contribution >= 0.6 is 10.3 Å². The van der Waals surface area contributed by atoms with E-state index in [2.05, 4.69) is 28.7 Å². The predicted octanol–water partition coefficient (Wildman–Crippen LogP) is 2.43. The molecule has 0 radical (unpaired) electrons. The first kappa shape index (κ1) is 16.8. The molecular weight excluding hydrogens is 278 g/mol. The van der Waals surface area contributed by atoms with E-state index in [0.29, 0.717) is 19.6 Å². The zero-order valence-electron chi connectivity index (χ0n) is 12.1. The summed E-state index contributed by atoms with van der Waals surface area (Å²) in [6.07, 6.45) is 11.7. The maximum Gasteiger partial charge on any atom is 0.404 e. The summed E-state index contributed by atoms with van der Waals surface area (Å²) in [5.41, 5.74) is 4.62. The predicted molar refractivity (Wildman–Crippen MR) is 80.7 cm³/mol. The van der Waals surface area contributed by atoms with Crippen molar-refractivity contribution in [2.75, 3.05) is 31.5 Å². The van der Waals surface area contributed by atoms with Crippen molar-refractivity contribution in [3.8, 4) is 12.3 Å². The first-order valence-electron chi connectivity index (χ1n) is 6.54. The minimum Gasteiger partial charge on any atom is -0.450 e. The molecule has 0 aliphatic carbocycles. The van der Waals surface area contributed by atoms with Crippen molar-refractivity contribution >= 4 is 16.4 Å². The fourth-order valence-electron chi connectivity index (χ4n) is 1.74. The number of ether oxygens (including phenoxy) is 1. The van der Waals surface area contributed by atoms with Gasteiger partial charge in [0.2, 0.25) is 0 Å². The van der Waals surface area contributed by atoms with Crippen LogP contribution in [0.3, 0.4) is 0 Å². The third-order valence-electron chi connectivity index (χ3n) is 2.98. The van der Waals surface area contributed by atoms with Crippen LogP contribution < -0.4 is 5.73 Å². The number of nitrogens with zero attached hydrogens (tertiary/aromatic N) is 2. The molecule has 0 aromatic rings. The SMILES string of the molecule is C#CCCC1(CCOS(C)(C)CCCOC(N)=O)N=N1. The summed E-state index contributed by atoms with van der Waals surface area (Å²) in [5, 5.41) is 8.15. The van der Waals surface area contributed by atoms with Crippen molar-refractivity contribution < 1.29 is 13.7 Å². The van der Waals surface area contributed by atoms with Crippen LogP contribution in [-0.2, 0) is 8.92 Å². The van der Waals surface area contributed by atoms with E-state index < -0.39 is 16.4 Å². The number of hydrogen-bond acceptors (Lipinski definition) is 5. The molecule has 114 valence electrons. The van der Waals surface area contributed by atoms with Gasteiger partial charge in [0, 0.05) is 25.0 Å². The Hall–Kier alpha value is -1.26. The quantitative estimate of drug-likeness (QED) is 0.496. The van der Waals surface area contributed by atoms with Crippen LogP contribution in [0.1, 0.15) is 25.7 Å². The van der Waals surface area contributed by atoms with E-state index in [1.54, 1.807) is 0 Å². The molecule has 7 heteroatoms. The highest BCUT2D eigenvalue weighted by atomic mass is 32.3. The first-order valence-corrected chi connectivity index (χ1v) is 9.09. The fourth-order valence-corrected chi connectivity index (χ4v) is 3.20. The normalized spacial score (nSPS) is 16.4. The number of primary amides is 1. The number of rotatable bonds is 10. The van der Waals surface area contributed by atoms with E-state index in [1.165, 1.54) is 0 Å². The van der Waals surface area contributed by atoms with E-state index in [1.807, 2.05) is 0 Å². The van der Waals surface area contributed by atoms with E-state index in [4.69, 9.17) is 21.1 Å². The lowest BCUT2D eigenvalue weighted by Gasteiger charge is -2.31. The zero-order valence-corrected chi connectivity index (χ0v) is 12.9. The van der Waals surface area contributed by atoms with Crippen LogP contribution in [0, 0.1) is 12.3 Å². The molecule has 1 aliphatic rings. The van der Waals surface area contributed by atoms with E-state index in [9.17, 15) is 4.79 Å². The minimum atomic E-state index is -1.15. The molecule has 0 saturated carbocycles. The Labute approximate surface area is 122 Å². The highest BCUT2D eigenvalue weighted by Gasteiger charge is 2.39. The first-order chi connectivity index (χ1) is 9.39. The summed E-state index contributed by atoms with van der Waals surface area (Å²) in [6, 6.07) is 0. The lowest BCUT2D eigenvalue weighted by molar-refractivity contribution is 0.157. The average molecular weight is 301 g/mol. The van der Waals surface area contributed by atoms with Crippen molar-refractivity contribution in [1.82, 2.24) is 0 Å². The second-order valence-corrected chi connectivity index (χ2v) is 8.64. The summed E-state index contributed by atoms with van der Waals surface area (Å²) in [6.45, 7) is 0.961. The summed E-state index contributed by atoms with van der Waals surface area (Å²) in [7, 11) is -1.15. The Kier molecular flexibility index (Phi) is 6.30. The molecule has 0 spiro atoms. The van der Waals surface area contributed by atoms with Gasteiger partial charge >= 0.3 is 6.09 Å². The smallest absolute Gasteiger partial charge is 0.404 e. The Balaban J connectivity index is 2.13. The van der Waals surface area contributed by atoms with Gasteiger partial charge in [0.05, 0.1) is 13.2 Å². The van der Waals surface area contributed by atoms with E-state index in [-0.39, 0.29) is 5.66 Å². The number of carbonyl (C=O) groups excluding carboxylic acids is 1. The molecular formula is C13H23N3O3S. The lowest BCUT2D eigenvalue weighted by Crippen LogP contribution is -2.17. The maximum absolute atomic E-state index is 10.4. The molecule has 0 unspecified atom stereocenters. The zero-order chi connectivity index (χ0) is 15.1. The summed E-state index contributed by atoms with van der Waals surface area (Å²) in [4.78, 5) is 10.4. The monoisotopic (exact) mass is 301 g/mol. The Bertz CT molecular complexity index is 398. The second-order valence-electron chi connectivity index (χ2n) is 5.12. The molecule has 1 amide bonds. The van der Waals surface area contributed by atoms with Crippen molar-refractivity contribution in [2.24, 2.45) is 16.0 Å². The lowest BCUT2D eigenvalue weighted by atomic mass is 10.1. The van der Waals surface area contributed by atoms with Crippen molar-refractivity contribution in [1.29, 1.82) is 0 Å². The number of terminal acetylenes is 1. The average Bonchev–Trinajstić information content (AvgIpc) is 3.12. The molecule has 1 rings (SSSR count). The third-order valence-corrected chi connectivity index (χ3v) is 5.06. The van der Waals surface area contributed by atoms with Crippen molar-refractivity contribution in [3.63, 3.8) is 0 Å². The van der Waals surface area contributed by atoms with Gasteiger partial charge in [0.25, 0.3) is 0 Å². The van der Waals surface area contributed by atoms with Gasteiger partial charge in [-0.25, -0.2) is 4.79 Å².